The normalized spacial score (nSPS) is 14.1. The van der Waals surface area contributed by atoms with Gasteiger partial charge in [0.25, 0.3) is 0 Å². The number of nitrogens with one attached hydrogen (secondary N) is 2. The van der Waals surface area contributed by atoms with Crippen molar-refractivity contribution >= 4 is 29.5 Å². The van der Waals surface area contributed by atoms with Crippen molar-refractivity contribution < 1.29 is 24.6 Å². The summed E-state index contributed by atoms with van der Waals surface area (Å²) in [5, 5.41) is 23.2. The molecule has 0 bridgehead atoms. The number of aliphatic carboxylic acids is 1. The lowest BCUT2D eigenvalue weighted by Crippen LogP contribution is -2.54. The second-order valence-electron chi connectivity index (χ2n) is 5.89. The molecule has 0 aliphatic rings. The van der Waals surface area contributed by atoms with Gasteiger partial charge in [-0.05, 0) is 43.0 Å². The van der Waals surface area contributed by atoms with E-state index in [0.29, 0.717) is 17.7 Å². The molecule has 0 spiro atoms. The van der Waals surface area contributed by atoms with E-state index >= 15 is 0 Å². The van der Waals surface area contributed by atoms with E-state index in [1.807, 2.05) is 6.26 Å². The van der Waals surface area contributed by atoms with Crippen molar-refractivity contribution in [3.8, 4) is 5.75 Å². The SMILES string of the molecule is CSCC[C@H](N)C(=O)N[C@@H](Cc1ccc(O)cc1)C(=O)N[C@@H](C)C(=O)O. The largest absolute Gasteiger partial charge is 0.508 e. The lowest BCUT2D eigenvalue weighted by molar-refractivity contribution is -0.141. The molecule has 1 aromatic rings. The topological polar surface area (TPSA) is 142 Å². The van der Waals surface area contributed by atoms with Crippen LogP contribution < -0.4 is 16.4 Å². The Bertz CT molecular complexity index is 623. The van der Waals surface area contributed by atoms with Crippen molar-refractivity contribution in [3.63, 3.8) is 0 Å². The van der Waals surface area contributed by atoms with E-state index in [1.54, 1.807) is 23.9 Å². The number of phenols is 1. The predicted molar refractivity (Wildman–Crippen MR) is 100.0 cm³/mol. The van der Waals surface area contributed by atoms with Crippen LogP contribution in [-0.4, -0.2) is 58.1 Å². The Morgan fingerprint density at radius 3 is 2.31 bits per heavy atom. The summed E-state index contributed by atoms with van der Waals surface area (Å²) < 4.78 is 0. The van der Waals surface area contributed by atoms with Crippen molar-refractivity contribution in [1.82, 2.24) is 10.6 Å². The molecular weight excluding hydrogens is 358 g/mol. The molecule has 0 fully saturated rings. The molecule has 1 rings (SSSR count). The number of thioether (sulfide) groups is 1. The molecule has 0 heterocycles. The van der Waals surface area contributed by atoms with Crippen LogP contribution in [-0.2, 0) is 20.8 Å². The molecule has 144 valence electrons. The van der Waals surface area contributed by atoms with E-state index in [9.17, 15) is 19.5 Å². The van der Waals surface area contributed by atoms with Crippen LogP contribution in [0.25, 0.3) is 0 Å². The molecular formula is C17H25N3O5S. The summed E-state index contributed by atoms with van der Waals surface area (Å²) in [7, 11) is 0. The Morgan fingerprint density at radius 1 is 1.15 bits per heavy atom. The zero-order valence-electron chi connectivity index (χ0n) is 14.8. The van der Waals surface area contributed by atoms with Gasteiger partial charge in [-0.15, -0.1) is 0 Å². The second-order valence-corrected chi connectivity index (χ2v) is 6.87. The van der Waals surface area contributed by atoms with Gasteiger partial charge in [-0.2, -0.15) is 11.8 Å². The average molecular weight is 383 g/mol. The third kappa shape index (κ3) is 7.32. The fourth-order valence-corrected chi connectivity index (χ4v) is 2.60. The lowest BCUT2D eigenvalue weighted by Gasteiger charge is -2.22. The number of phenolic OH excluding ortho intramolecular Hbond substituents is 1. The molecule has 6 N–H and O–H groups in total. The van der Waals surface area contributed by atoms with Crippen LogP contribution >= 0.6 is 11.8 Å². The predicted octanol–water partition coefficient (Wildman–Crippen LogP) is 0.0892. The minimum absolute atomic E-state index is 0.0809. The number of benzene rings is 1. The van der Waals surface area contributed by atoms with E-state index in [-0.39, 0.29) is 12.2 Å². The fraction of sp³-hybridized carbons (Fsp3) is 0.471. The maximum atomic E-state index is 12.4. The number of aromatic hydroxyl groups is 1. The number of carboxylic acids is 1. The molecule has 0 aliphatic carbocycles. The molecule has 26 heavy (non-hydrogen) atoms. The van der Waals surface area contributed by atoms with Gasteiger partial charge in [0, 0.05) is 6.42 Å². The fourth-order valence-electron chi connectivity index (χ4n) is 2.11. The third-order valence-corrected chi connectivity index (χ3v) is 4.35. The molecule has 0 saturated heterocycles. The number of carbonyl (C=O) groups excluding carboxylic acids is 2. The van der Waals surface area contributed by atoms with Crippen molar-refractivity contribution in [2.75, 3.05) is 12.0 Å². The van der Waals surface area contributed by atoms with Gasteiger partial charge in [0.2, 0.25) is 11.8 Å². The van der Waals surface area contributed by atoms with E-state index in [4.69, 9.17) is 10.8 Å². The van der Waals surface area contributed by atoms with Gasteiger partial charge < -0.3 is 26.6 Å². The Hall–Kier alpha value is -2.26. The van der Waals surface area contributed by atoms with Gasteiger partial charge in [0.05, 0.1) is 6.04 Å². The highest BCUT2D eigenvalue weighted by Gasteiger charge is 2.26. The van der Waals surface area contributed by atoms with Crippen molar-refractivity contribution in [2.24, 2.45) is 5.73 Å². The number of carboxylic acid groups (broad SMARTS) is 1. The first kappa shape index (κ1) is 21.8. The Kier molecular flexibility index (Phi) is 8.94. The van der Waals surface area contributed by atoms with Crippen LogP contribution in [0.3, 0.4) is 0 Å². The third-order valence-electron chi connectivity index (χ3n) is 3.71. The van der Waals surface area contributed by atoms with Crippen LogP contribution in [0, 0.1) is 0 Å². The summed E-state index contributed by atoms with van der Waals surface area (Å²) in [4.78, 5) is 35.6. The molecule has 3 atom stereocenters. The van der Waals surface area contributed by atoms with E-state index in [0.717, 1.165) is 0 Å². The smallest absolute Gasteiger partial charge is 0.325 e. The Balaban J connectivity index is 2.86. The molecule has 9 heteroatoms. The minimum atomic E-state index is -1.18. The first-order valence-electron chi connectivity index (χ1n) is 8.10. The van der Waals surface area contributed by atoms with Crippen molar-refractivity contribution in [2.45, 2.75) is 37.9 Å². The second kappa shape index (κ2) is 10.7. The average Bonchev–Trinajstić information content (AvgIpc) is 2.60. The number of carbonyl (C=O) groups is 3. The van der Waals surface area contributed by atoms with Crippen LogP contribution in [0.4, 0.5) is 0 Å². The van der Waals surface area contributed by atoms with Crippen LogP contribution in [0.15, 0.2) is 24.3 Å². The first-order chi connectivity index (χ1) is 12.2. The van der Waals surface area contributed by atoms with Gasteiger partial charge >= 0.3 is 5.97 Å². The number of hydrogen-bond donors (Lipinski definition) is 5. The monoisotopic (exact) mass is 383 g/mol. The zero-order chi connectivity index (χ0) is 19.7. The highest BCUT2D eigenvalue weighted by Crippen LogP contribution is 2.12. The highest BCUT2D eigenvalue weighted by molar-refractivity contribution is 7.98. The van der Waals surface area contributed by atoms with E-state index in [1.165, 1.54) is 19.1 Å². The van der Waals surface area contributed by atoms with Crippen molar-refractivity contribution in [1.29, 1.82) is 0 Å². The van der Waals surface area contributed by atoms with Crippen LogP contribution in [0.5, 0.6) is 5.75 Å². The Morgan fingerprint density at radius 2 is 1.77 bits per heavy atom. The maximum absolute atomic E-state index is 12.4. The molecule has 0 saturated carbocycles. The number of amides is 2. The number of rotatable bonds is 10. The highest BCUT2D eigenvalue weighted by atomic mass is 32.2. The summed E-state index contributed by atoms with van der Waals surface area (Å²) >= 11 is 1.56. The first-order valence-corrected chi connectivity index (χ1v) is 9.50. The maximum Gasteiger partial charge on any atom is 0.325 e. The molecule has 0 unspecified atom stereocenters. The van der Waals surface area contributed by atoms with Gasteiger partial charge in [-0.25, -0.2) is 0 Å². The lowest BCUT2D eigenvalue weighted by atomic mass is 10.0. The summed E-state index contributed by atoms with van der Waals surface area (Å²) in [6, 6.07) is 3.36. The zero-order valence-corrected chi connectivity index (χ0v) is 15.6. The standard InChI is InChI=1S/C17H25N3O5S/c1-10(17(24)25)19-16(23)14(9-11-3-5-12(21)6-4-11)20-15(22)13(18)7-8-26-2/h3-6,10,13-14,21H,7-9,18H2,1-2H3,(H,19,23)(H,20,22)(H,24,25)/t10-,13-,14-/m0/s1. The van der Waals surface area contributed by atoms with Gasteiger partial charge in [-0.3, -0.25) is 14.4 Å². The molecule has 1 aromatic carbocycles. The summed E-state index contributed by atoms with van der Waals surface area (Å²) in [6.45, 7) is 1.34. The van der Waals surface area contributed by atoms with Crippen LogP contribution in [0.1, 0.15) is 18.9 Å². The number of hydrogen-bond acceptors (Lipinski definition) is 6. The van der Waals surface area contributed by atoms with Crippen molar-refractivity contribution in [3.05, 3.63) is 29.8 Å². The minimum Gasteiger partial charge on any atom is -0.508 e. The molecule has 8 nitrogen and oxygen atoms in total. The Labute approximate surface area is 156 Å². The molecule has 0 aromatic heterocycles. The summed E-state index contributed by atoms with van der Waals surface area (Å²) in [5.41, 5.74) is 6.53. The van der Waals surface area contributed by atoms with Crippen LogP contribution in [0.2, 0.25) is 0 Å². The van der Waals surface area contributed by atoms with Gasteiger partial charge in [-0.1, -0.05) is 12.1 Å². The summed E-state index contributed by atoms with van der Waals surface area (Å²) in [5.74, 6) is -1.47. The van der Waals surface area contributed by atoms with Gasteiger partial charge in [0.1, 0.15) is 17.8 Å². The quantitative estimate of drug-likeness (QED) is 0.385. The molecule has 0 aliphatic heterocycles. The van der Waals surface area contributed by atoms with E-state index in [2.05, 4.69) is 10.6 Å². The molecule has 2 amide bonds. The van der Waals surface area contributed by atoms with E-state index < -0.39 is 35.9 Å². The molecule has 0 radical (unpaired) electrons. The summed E-state index contributed by atoms with van der Waals surface area (Å²) in [6.07, 6.45) is 2.50. The van der Waals surface area contributed by atoms with Gasteiger partial charge in [0.15, 0.2) is 0 Å². The number of nitrogens with two attached hydrogens (primary N) is 1.